The first-order valence-corrected chi connectivity index (χ1v) is 8.95. The van der Waals surface area contributed by atoms with E-state index < -0.39 is 69.1 Å². The van der Waals surface area contributed by atoms with E-state index in [1.807, 2.05) is 0 Å². The summed E-state index contributed by atoms with van der Waals surface area (Å²) in [6.07, 6.45) is 0. The van der Waals surface area contributed by atoms with Crippen molar-refractivity contribution in [2.24, 2.45) is 0 Å². The fourth-order valence-electron chi connectivity index (χ4n) is 2.95. The summed E-state index contributed by atoms with van der Waals surface area (Å²) in [6, 6.07) is 12.8. The molecule has 0 fully saturated rings. The van der Waals surface area contributed by atoms with Crippen LogP contribution in [0.2, 0.25) is 0 Å². The minimum absolute atomic E-state index is 0. The number of fused-ring (bicyclic) bond motifs is 1. The molecule has 175 valence electrons. The fourth-order valence-corrected chi connectivity index (χ4v) is 2.95. The fraction of sp³-hybridized carbons (Fsp3) is 0.0455. The van der Waals surface area contributed by atoms with Gasteiger partial charge in [-0.2, -0.15) is 6.07 Å². The van der Waals surface area contributed by atoms with Crippen molar-refractivity contribution in [2.45, 2.75) is 6.92 Å². The monoisotopic (exact) mass is 564 g/mol. The van der Waals surface area contributed by atoms with Crippen LogP contribution in [0.3, 0.4) is 0 Å². The maximum atomic E-state index is 13.4. The van der Waals surface area contributed by atoms with Gasteiger partial charge in [0.2, 0.25) is 7.28 Å². The van der Waals surface area contributed by atoms with Crippen LogP contribution in [0.25, 0.3) is 10.8 Å². The molecule has 0 aromatic heterocycles. The number of benzene rings is 3. The van der Waals surface area contributed by atoms with Gasteiger partial charge in [0.25, 0.3) is 0 Å². The Morgan fingerprint density at radius 1 is 0.559 bits per heavy atom. The van der Waals surface area contributed by atoms with Crippen LogP contribution in [0.15, 0.2) is 36.4 Å². The van der Waals surface area contributed by atoms with Crippen molar-refractivity contribution in [1.29, 1.82) is 0 Å². The molecule has 0 bridgehead atoms. The summed E-state index contributed by atoms with van der Waals surface area (Å²) in [7, 11) is -0.369. The Balaban J connectivity index is 0.000000308. The molecule has 0 saturated carbocycles. The molecule has 0 aliphatic carbocycles. The number of rotatable bonds is 2. The molecule has 12 heteroatoms. The second kappa shape index (κ2) is 10.8. The Hall–Kier alpha value is -2.48. The summed E-state index contributed by atoms with van der Waals surface area (Å²) in [5.41, 5.74) is -2.37. The quantitative estimate of drug-likeness (QED) is 0.0977. The van der Waals surface area contributed by atoms with Crippen LogP contribution in [-0.4, -0.2) is 7.28 Å². The summed E-state index contributed by atoms with van der Waals surface area (Å²) in [4.78, 5) is 0. The van der Waals surface area contributed by atoms with E-state index in [9.17, 15) is 43.9 Å². The van der Waals surface area contributed by atoms with Crippen molar-refractivity contribution in [3.63, 3.8) is 0 Å². The maximum absolute atomic E-state index is 13.4. The zero-order valence-electron chi connectivity index (χ0n) is 16.8. The van der Waals surface area contributed by atoms with Gasteiger partial charge in [-0.05, 0) is 10.9 Å². The van der Waals surface area contributed by atoms with Crippen molar-refractivity contribution in [3.05, 3.63) is 100 Å². The predicted molar refractivity (Wildman–Crippen MR) is 102 cm³/mol. The van der Waals surface area contributed by atoms with E-state index in [1.54, 1.807) is 0 Å². The topological polar surface area (TPSA) is 0 Å². The third-order valence-corrected chi connectivity index (χ3v) is 4.54. The van der Waals surface area contributed by atoms with E-state index in [4.69, 9.17) is 0 Å². The second-order valence-corrected chi connectivity index (χ2v) is 6.77. The van der Waals surface area contributed by atoms with Gasteiger partial charge in [-0.1, -0.05) is 13.0 Å². The normalized spacial score (nSPS) is 10.6. The van der Waals surface area contributed by atoms with Crippen LogP contribution in [0.4, 0.5) is 43.9 Å². The number of hydrogen-bond acceptors (Lipinski definition) is 0. The Kier molecular flexibility index (Phi) is 8.85. The molecule has 0 atom stereocenters. The van der Waals surface area contributed by atoms with Crippen molar-refractivity contribution in [3.8, 4) is 0 Å². The molecule has 0 spiro atoms. The Bertz CT molecular complexity index is 1210. The molecule has 34 heavy (non-hydrogen) atoms. The molecule has 4 rings (SSSR count). The molecular weight excluding hydrogens is 556 g/mol. The van der Waals surface area contributed by atoms with Gasteiger partial charge in [0.15, 0.2) is 58.2 Å². The summed E-state index contributed by atoms with van der Waals surface area (Å²) in [5, 5.41) is 2.69. The predicted octanol–water partition coefficient (Wildman–Crippen LogP) is 5.60. The summed E-state index contributed by atoms with van der Waals surface area (Å²) in [5.74, 6) is -24.9. The van der Waals surface area contributed by atoms with Crippen molar-refractivity contribution >= 4 is 29.0 Å². The van der Waals surface area contributed by atoms with Crippen molar-refractivity contribution < 1.29 is 70.1 Å². The average molecular weight is 565 g/mol. The number of hydrogen-bond donors (Lipinski definition) is 0. The minimum atomic E-state index is -2.55. The minimum Gasteiger partial charge on any atom is -0.204 e. The number of aryl methyl sites for hydroxylation is 1. The molecule has 0 aliphatic rings. The molecule has 4 aromatic carbocycles. The van der Waals surface area contributed by atoms with Gasteiger partial charge in [-0.15, -0.1) is 40.6 Å². The first-order valence-electron chi connectivity index (χ1n) is 8.95. The average Bonchev–Trinajstić information content (AvgIpc) is 3.19. The number of halogens is 10. The van der Waals surface area contributed by atoms with Gasteiger partial charge in [0, 0.05) is 26.2 Å². The first kappa shape index (κ1) is 27.8. The Morgan fingerprint density at radius 2 is 0.912 bits per heavy atom. The van der Waals surface area contributed by atoms with E-state index in [2.05, 4.69) is 43.3 Å². The van der Waals surface area contributed by atoms with Crippen LogP contribution in [-0.2, 0) is 26.2 Å². The van der Waals surface area contributed by atoms with E-state index in [1.165, 1.54) is 16.3 Å². The summed E-state index contributed by atoms with van der Waals surface area (Å²) < 4.78 is 131. The molecule has 0 nitrogen and oxygen atoms in total. The van der Waals surface area contributed by atoms with Gasteiger partial charge in [0.05, 0.1) is 0 Å². The Labute approximate surface area is 205 Å². The molecule has 0 saturated heterocycles. The largest absolute Gasteiger partial charge is 0.207 e. The molecular formula is C22H9BF10Zr-. The van der Waals surface area contributed by atoms with E-state index in [-0.39, 0.29) is 33.5 Å². The van der Waals surface area contributed by atoms with E-state index in [0.717, 1.165) is 0 Å². The van der Waals surface area contributed by atoms with Gasteiger partial charge >= 0.3 is 0 Å². The maximum Gasteiger partial charge on any atom is 0.207 e. The van der Waals surface area contributed by atoms with Crippen LogP contribution in [0.1, 0.15) is 5.56 Å². The molecule has 0 unspecified atom stereocenters. The third-order valence-electron chi connectivity index (χ3n) is 4.54. The zero-order chi connectivity index (χ0) is 24.6. The third kappa shape index (κ3) is 5.11. The van der Waals surface area contributed by atoms with Crippen molar-refractivity contribution in [2.75, 3.05) is 0 Å². The molecule has 0 heterocycles. The summed E-state index contributed by atoms with van der Waals surface area (Å²) in [6.45, 7) is 2.12. The van der Waals surface area contributed by atoms with Crippen LogP contribution in [0, 0.1) is 65.1 Å². The molecule has 0 amide bonds. The Morgan fingerprint density at radius 3 is 1.29 bits per heavy atom. The zero-order valence-corrected chi connectivity index (χ0v) is 19.3. The molecule has 0 aliphatic heterocycles. The SMILES string of the molecule is Cc1cc2ccccc2[cH-]1.Fc1c(F)c(F)c([B]c2c(F)c(F)c(F)c(F)c2F)c(F)c1F.[Zr]. The van der Waals surface area contributed by atoms with E-state index in [0.29, 0.717) is 0 Å². The van der Waals surface area contributed by atoms with Crippen LogP contribution >= 0.6 is 0 Å². The van der Waals surface area contributed by atoms with Crippen LogP contribution in [0.5, 0.6) is 0 Å². The van der Waals surface area contributed by atoms with Crippen molar-refractivity contribution in [1.82, 2.24) is 0 Å². The smallest absolute Gasteiger partial charge is 0.204 e. The molecule has 4 aromatic rings. The van der Waals surface area contributed by atoms with E-state index >= 15 is 0 Å². The molecule has 0 N–H and O–H groups in total. The first-order chi connectivity index (χ1) is 15.5. The van der Waals surface area contributed by atoms with Gasteiger partial charge in [0.1, 0.15) is 0 Å². The van der Waals surface area contributed by atoms with Gasteiger partial charge < -0.3 is 0 Å². The molecule has 1 radical (unpaired) electrons. The van der Waals surface area contributed by atoms with Gasteiger partial charge in [-0.25, -0.2) is 43.9 Å². The second-order valence-electron chi connectivity index (χ2n) is 6.77. The van der Waals surface area contributed by atoms with Gasteiger partial charge in [-0.3, -0.25) is 0 Å². The summed E-state index contributed by atoms with van der Waals surface area (Å²) >= 11 is 0. The van der Waals surface area contributed by atoms with Crippen LogP contribution < -0.4 is 10.9 Å². The standard InChI is InChI=1S/C12BF10.C10H9.Zr/c14-3-1(4(15)8(19)11(22)7(3)18)13-2-5(16)9(20)12(23)10(21)6(2)17;1-8-6-9-4-2-3-5-10(9)7-8;/h;2-7H,1H3;/q;-1;.